The molecule has 1 fully saturated rings. The SMILES string of the molecule is COc1ccc(CN2CCCC(C)(O)C2)cc1. The van der Waals surface area contributed by atoms with Gasteiger partial charge < -0.3 is 9.84 Å². The Morgan fingerprint density at radius 3 is 2.65 bits per heavy atom. The van der Waals surface area contributed by atoms with Crippen LogP contribution in [-0.2, 0) is 6.54 Å². The third kappa shape index (κ3) is 3.45. The van der Waals surface area contributed by atoms with Crippen molar-refractivity contribution in [1.82, 2.24) is 4.90 Å². The highest BCUT2D eigenvalue weighted by Crippen LogP contribution is 2.22. The van der Waals surface area contributed by atoms with Crippen molar-refractivity contribution in [3.63, 3.8) is 0 Å². The Hall–Kier alpha value is -1.06. The number of benzene rings is 1. The maximum absolute atomic E-state index is 10.0. The minimum atomic E-state index is -0.523. The van der Waals surface area contributed by atoms with Gasteiger partial charge >= 0.3 is 0 Å². The summed E-state index contributed by atoms with van der Waals surface area (Å²) in [5.74, 6) is 0.888. The van der Waals surface area contributed by atoms with Crippen LogP contribution in [0.4, 0.5) is 0 Å². The summed E-state index contributed by atoms with van der Waals surface area (Å²) >= 11 is 0. The predicted molar refractivity (Wildman–Crippen MR) is 68.1 cm³/mol. The van der Waals surface area contributed by atoms with E-state index in [1.165, 1.54) is 5.56 Å². The van der Waals surface area contributed by atoms with Crippen LogP contribution in [0.1, 0.15) is 25.3 Å². The van der Waals surface area contributed by atoms with Gasteiger partial charge in [0, 0.05) is 13.1 Å². The van der Waals surface area contributed by atoms with Crippen LogP contribution in [0.3, 0.4) is 0 Å². The van der Waals surface area contributed by atoms with E-state index in [0.717, 1.165) is 38.2 Å². The Bertz CT molecular complexity index is 359. The highest BCUT2D eigenvalue weighted by molar-refractivity contribution is 5.27. The summed E-state index contributed by atoms with van der Waals surface area (Å²) in [7, 11) is 1.68. The van der Waals surface area contributed by atoms with Crippen LogP contribution in [0.5, 0.6) is 5.75 Å². The highest BCUT2D eigenvalue weighted by atomic mass is 16.5. The van der Waals surface area contributed by atoms with Gasteiger partial charge in [0.2, 0.25) is 0 Å². The first-order valence-electron chi connectivity index (χ1n) is 6.17. The second-order valence-corrected chi connectivity index (χ2v) is 5.16. The Labute approximate surface area is 103 Å². The standard InChI is InChI=1S/C14H21NO2/c1-14(16)8-3-9-15(11-14)10-12-4-6-13(17-2)7-5-12/h4-7,16H,3,8-11H2,1-2H3. The van der Waals surface area contributed by atoms with Crippen molar-refractivity contribution in [2.45, 2.75) is 31.9 Å². The first-order valence-corrected chi connectivity index (χ1v) is 6.17. The molecule has 0 radical (unpaired) electrons. The number of methoxy groups -OCH3 is 1. The average Bonchev–Trinajstić information content (AvgIpc) is 2.29. The molecule has 1 heterocycles. The molecule has 94 valence electrons. The van der Waals surface area contributed by atoms with Gasteiger partial charge in [-0.2, -0.15) is 0 Å². The van der Waals surface area contributed by atoms with Gasteiger partial charge in [-0.3, -0.25) is 4.90 Å². The first-order chi connectivity index (χ1) is 8.09. The van der Waals surface area contributed by atoms with E-state index in [9.17, 15) is 5.11 Å². The fraction of sp³-hybridized carbons (Fsp3) is 0.571. The summed E-state index contributed by atoms with van der Waals surface area (Å²) < 4.78 is 5.14. The molecule has 3 nitrogen and oxygen atoms in total. The monoisotopic (exact) mass is 235 g/mol. The molecule has 1 aromatic carbocycles. The lowest BCUT2D eigenvalue weighted by Gasteiger charge is -2.36. The summed E-state index contributed by atoms with van der Waals surface area (Å²) in [6.45, 7) is 4.66. The Morgan fingerprint density at radius 2 is 2.06 bits per heavy atom. The van der Waals surface area contributed by atoms with Crippen molar-refractivity contribution in [3.05, 3.63) is 29.8 Å². The first kappa shape index (κ1) is 12.4. The van der Waals surface area contributed by atoms with Crippen LogP contribution in [0.15, 0.2) is 24.3 Å². The van der Waals surface area contributed by atoms with Crippen LogP contribution in [0.2, 0.25) is 0 Å². The molecule has 1 aliphatic heterocycles. The lowest BCUT2D eigenvalue weighted by atomic mass is 9.95. The summed E-state index contributed by atoms with van der Waals surface area (Å²) in [6, 6.07) is 8.14. The van der Waals surface area contributed by atoms with Gasteiger partial charge in [0.05, 0.1) is 12.7 Å². The molecule has 0 amide bonds. The topological polar surface area (TPSA) is 32.7 Å². The quantitative estimate of drug-likeness (QED) is 0.870. The lowest BCUT2D eigenvalue weighted by Crippen LogP contribution is -2.45. The zero-order valence-corrected chi connectivity index (χ0v) is 10.6. The molecule has 0 spiro atoms. The number of likely N-dealkylation sites (tertiary alicyclic amines) is 1. The molecule has 0 saturated carbocycles. The molecule has 1 aromatic rings. The van der Waals surface area contributed by atoms with E-state index in [4.69, 9.17) is 4.74 Å². The fourth-order valence-electron chi connectivity index (χ4n) is 2.45. The third-order valence-corrected chi connectivity index (χ3v) is 3.32. The van der Waals surface area contributed by atoms with Gasteiger partial charge in [-0.05, 0) is 44.0 Å². The van der Waals surface area contributed by atoms with Crippen LogP contribution in [0, 0.1) is 0 Å². The van der Waals surface area contributed by atoms with Crippen LogP contribution >= 0.6 is 0 Å². The molecule has 17 heavy (non-hydrogen) atoms. The van der Waals surface area contributed by atoms with E-state index in [2.05, 4.69) is 17.0 Å². The van der Waals surface area contributed by atoms with Crippen molar-refractivity contribution < 1.29 is 9.84 Å². The number of hydrogen-bond acceptors (Lipinski definition) is 3. The van der Waals surface area contributed by atoms with E-state index in [1.807, 2.05) is 19.1 Å². The summed E-state index contributed by atoms with van der Waals surface area (Å²) in [6.07, 6.45) is 1.98. The molecule has 1 N–H and O–H groups in total. The number of aliphatic hydroxyl groups is 1. The van der Waals surface area contributed by atoms with Crippen molar-refractivity contribution in [3.8, 4) is 5.75 Å². The largest absolute Gasteiger partial charge is 0.497 e. The molecular weight excluding hydrogens is 214 g/mol. The molecule has 0 aromatic heterocycles. The molecule has 0 aliphatic carbocycles. The summed E-state index contributed by atoms with van der Waals surface area (Å²) in [5.41, 5.74) is 0.744. The van der Waals surface area contributed by atoms with Crippen molar-refractivity contribution in [2.75, 3.05) is 20.2 Å². The highest BCUT2D eigenvalue weighted by Gasteiger charge is 2.27. The van der Waals surface area contributed by atoms with E-state index >= 15 is 0 Å². The second kappa shape index (κ2) is 5.07. The Morgan fingerprint density at radius 1 is 1.35 bits per heavy atom. The van der Waals surface area contributed by atoms with Gasteiger partial charge in [0.15, 0.2) is 0 Å². The summed E-state index contributed by atoms with van der Waals surface area (Å²) in [5, 5.41) is 10.0. The Kier molecular flexibility index (Phi) is 3.69. The molecule has 1 atom stereocenters. The van der Waals surface area contributed by atoms with Crippen LogP contribution < -0.4 is 4.74 Å². The number of hydrogen-bond donors (Lipinski definition) is 1. The zero-order chi connectivity index (χ0) is 12.3. The number of rotatable bonds is 3. The molecule has 2 rings (SSSR count). The van der Waals surface area contributed by atoms with Crippen molar-refractivity contribution in [1.29, 1.82) is 0 Å². The number of β-amino-alcohol motifs (C(OH)–C–C–N with tert-alkyl or cyclic N) is 1. The van der Waals surface area contributed by atoms with E-state index in [0.29, 0.717) is 0 Å². The average molecular weight is 235 g/mol. The second-order valence-electron chi connectivity index (χ2n) is 5.16. The maximum atomic E-state index is 10.0. The zero-order valence-electron chi connectivity index (χ0n) is 10.6. The van der Waals surface area contributed by atoms with Gasteiger partial charge in [-0.1, -0.05) is 12.1 Å². The van der Waals surface area contributed by atoms with Gasteiger partial charge in [0.25, 0.3) is 0 Å². The molecule has 1 saturated heterocycles. The van der Waals surface area contributed by atoms with Crippen LogP contribution in [-0.4, -0.2) is 35.8 Å². The fourth-order valence-corrected chi connectivity index (χ4v) is 2.45. The lowest BCUT2D eigenvalue weighted by molar-refractivity contribution is -0.0181. The number of nitrogens with zero attached hydrogens (tertiary/aromatic N) is 1. The Balaban J connectivity index is 1.95. The molecular formula is C14H21NO2. The molecule has 0 bridgehead atoms. The molecule has 1 aliphatic rings. The molecule has 1 unspecified atom stereocenters. The van der Waals surface area contributed by atoms with E-state index in [1.54, 1.807) is 7.11 Å². The van der Waals surface area contributed by atoms with Crippen molar-refractivity contribution in [2.24, 2.45) is 0 Å². The van der Waals surface area contributed by atoms with Gasteiger partial charge in [-0.25, -0.2) is 0 Å². The van der Waals surface area contributed by atoms with Crippen molar-refractivity contribution >= 4 is 0 Å². The maximum Gasteiger partial charge on any atom is 0.118 e. The predicted octanol–water partition coefficient (Wildman–Crippen LogP) is 2.04. The number of piperidine rings is 1. The summed E-state index contributed by atoms with van der Waals surface area (Å²) in [4.78, 5) is 2.31. The van der Waals surface area contributed by atoms with Gasteiger partial charge in [-0.15, -0.1) is 0 Å². The minimum absolute atomic E-state index is 0.523. The third-order valence-electron chi connectivity index (χ3n) is 3.32. The number of ether oxygens (including phenoxy) is 1. The minimum Gasteiger partial charge on any atom is -0.497 e. The normalized spacial score (nSPS) is 25.8. The van der Waals surface area contributed by atoms with Gasteiger partial charge in [0.1, 0.15) is 5.75 Å². The molecule has 3 heteroatoms. The van der Waals surface area contributed by atoms with E-state index in [-0.39, 0.29) is 0 Å². The van der Waals surface area contributed by atoms with E-state index < -0.39 is 5.60 Å². The smallest absolute Gasteiger partial charge is 0.118 e. The van der Waals surface area contributed by atoms with Crippen LogP contribution in [0.25, 0.3) is 0 Å².